The number of aromatic nitrogens is 1. The first-order valence-corrected chi connectivity index (χ1v) is 7.88. The van der Waals surface area contributed by atoms with E-state index in [1.807, 2.05) is 52.8 Å². The van der Waals surface area contributed by atoms with Crippen LogP contribution in [-0.2, 0) is 4.79 Å². The lowest BCUT2D eigenvalue weighted by molar-refractivity contribution is -0.114. The van der Waals surface area contributed by atoms with E-state index in [0.717, 1.165) is 22.0 Å². The summed E-state index contributed by atoms with van der Waals surface area (Å²) < 4.78 is 0. The minimum Gasteiger partial charge on any atom is -0.396 e. The summed E-state index contributed by atoms with van der Waals surface area (Å²) in [6.45, 7) is 11.5. The first-order valence-electron chi connectivity index (χ1n) is 7.88. The molecule has 0 aliphatic carbocycles. The summed E-state index contributed by atoms with van der Waals surface area (Å²) in [6.07, 6.45) is 3.49. The molecule has 1 aromatic carbocycles. The van der Waals surface area contributed by atoms with Gasteiger partial charge in [0.05, 0.1) is 0 Å². The van der Waals surface area contributed by atoms with Crippen molar-refractivity contribution < 1.29 is 9.90 Å². The highest BCUT2D eigenvalue weighted by atomic mass is 16.3. The number of nitrogens with zero attached hydrogens (tertiary/aromatic N) is 1. The number of hydrogen-bond acceptors (Lipinski definition) is 3. The third-order valence-electron chi connectivity index (χ3n) is 2.91. The zero-order chi connectivity index (χ0) is 17.1. The second kappa shape index (κ2) is 10.7. The SMILES string of the molecule is CC.CC.CC(=O)Nc1cc(C(C)CO)c2ccncc2c1. The lowest BCUT2D eigenvalue weighted by Crippen LogP contribution is -2.07. The minimum atomic E-state index is -0.110. The van der Waals surface area contributed by atoms with Gasteiger partial charge >= 0.3 is 0 Å². The van der Waals surface area contributed by atoms with Crippen molar-refractivity contribution in [2.24, 2.45) is 0 Å². The number of hydrogen-bond donors (Lipinski definition) is 2. The van der Waals surface area contributed by atoms with Crippen molar-refractivity contribution in [1.29, 1.82) is 0 Å². The number of carbonyl (C=O) groups is 1. The molecule has 4 heteroatoms. The molecule has 4 nitrogen and oxygen atoms in total. The maximum Gasteiger partial charge on any atom is 0.221 e. The van der Waals surface area contributed by atoms with Crippen molar-refractivity contribution in [1.82, 2.24) is 4.98 Å². The Morgan fingerprint density at radius 2 is 1.91 bits per heavy atom. The van der Waals surface area contributed by atoms with Crippen molar-refractivity contribution in [2.45, 2.75) is 47.5 Å². The van der Waals surface area contributed by atoms with Crippen LogP contribution in [0, 0.1) is 0 Å². The van der Waals surface area contributed by atoms with Gasteiger partial charge in [-0.3, -0.25) is 9.78 Å². The van der Waals surface area contributed by atoms with E-state index in [9.17, 15) is 9.90 Å². The van der Waals surface area contributed by atoms with Crippen molar-refractivity contribution in [3.05, 3.63) is 36.2 Å². The molecule has 2 aromatic rings. The standard InChI is InChI=1S/C14H16N2O2.2C2H6/c1-9(8-17)14-6-12(16-10(2)18)5-11-7-15-4-3-13(11)14;2*1-2/h3-7,9,17H,8H2,1-2H3,(H,16,18);2*1-2H3. The Kier molecular flexibility index (Phi) is 9.79. The van der Waals surface area contributed by atoms with Crippen molar-refractivity contribution in [3.8, 4) is 0 Å². The van der Waals surface area contributed by atoms with Gasteiger partial charge < -0.3 is 10.4 Å². The van der Waals surface area contributed by atoms with Gasteiger partial charge in [0.25, 0.3) is 0 Å². The van der Waals surface area contributed by atoms with Gasteiger partial charge in [-0.25, -0.2) is 0 Å². The van der Waals surface area contributed by atoms with Crippen LogP contribution < -0.4 is 5.32 Å². The molecule has 1 atom stereocenters. The lowest BCUT2D eigenvalue weighted by Gasteiger charge is -2.14. The first kappa shape index (κ1) is 20.1. The Morgan fingerprint density at radius 3 is 2.45 bits per heavy atom. The molecule has 0 spiro atoms. The lowest BCUT2D eigenvalue weighted by atomic mass is 9.95. The third-order valence-corrected chi connectivity index (χ3v) is 2.91. The van der Waals surface area contributed by atoms with E-state index < -0.39 is 0 Å². The first-order chi connectivity index (χ1) is 10.6. The van der Waals surface area contributed by atoms with Crippen LogP contribution in [0.4, 0.5) is 5.69 Å². The monoisotopic (exact) mass is 304 g/mol. The average Bonchev–Trinajstić information content (AvgIpc) is 2.56. The molecule has 1 heterocycles. The summed E-state index contributed by atoms with van der Waals surface area (Å²) in [6, 6.07) is 5.72. The summed E-state index contributed by atoms with van der Waals surface area (Å²) in [5.41, 5.74) is 1.75. The van der Waals surface area contributed by atoms with Crippen LogP contribution in [0.1, 0.15) is 53.0 Å². The molecule has 1 unspecified atom stereocenters. The van der Waals surface area contributed by atoms with Crippen LogP contribution in [0.3, 0.4) is 0 Å². The Labute approximate surface area is 133 Å². The zero-order valence-corrected chi connectivity index (χ0v) is 14.5. The predicted octanol–water partition coefficient (Wildman–Crippen LogP) is 4.34. The highest BCUT2D eigenvalue weighted by Gasteiger charge is 2.11. The molecule has 122 valence electrons. The molecule has 1 amide bonds. The molecule has 0 fully saturated rings. The molecular weight excluding hydrogens is 276 g/mol. The predicted molar refractivity (Wildman–Crippen MR) is 94.2 cm³/mol. The Bertz CT molecular complexity index is 582. The fourth-order valence-electron chi connectivity index (χ4n) is 2.02. The Morgan fingerprint density at radius 1 is 1.27 bits per heavy atom. The maximum atomic E-state index is 11.1. The van der Waals surface area contributed by atoms with E-state index in [-0.39, 0.29) is 18.4 Å². The molecule has 0 saturated carbocycles. The minimum absolute atomic E-state index is 0.0172. The second-order valence-electron chi connectivity index (χ2n) is 4.43. The van der Waals surface area contributed by atoms with Gasteiger partial charge in [-0.2, -0.15) is 0 Å². The van der Waals surface area contributed by atoms with Crippen molar-refractivity contribution >= 4 is 22.4 Å². The number of carbonyl (C=O) groups excluding carboxylic acids is 1. The fraction of sp³-hybridized carbons (Fsp3) is 0.444. The highest BCUT2D eigenvalue weighted by Crippen LogP contribution is 2.28. The number of rotatable bonds is 3. The van der Waals surface area contributed by atoms with Crippen LogP contribution in [0.25, 0.3) is 10.8 Å². The van der Waals surface area contributed by atoms with E-state index in [1.54, 1.807) is 12.4 Å². The van der Waals surface area contributed by atoms with Gasteiger partial charge in [-0.05, 0) is 29.1 Å². The quantitative estimate of drug-likeness (QED) is 0.886. The Hall–Kier alpha value is -1.94. The number of aliphatic hydroxyl groups is 1. The van der Waals surface area contributed by atoms with Gasteiger partial charge in [0.2, 0.25) is 5.91 Å². The number of anilines is 1. The van der Waals surface area contributed by atoms with E-state index in [0.29, 0.717) is 0 Å². The molecule has 0 saturated heterocycles. The van der Waals surface area contributed by atoms with Gasteiger partial charge in [0, 0.05) is 42.9 Å². The molecule has 0 radical (unpaired) electrons. The van der Waals surface area contributed by atoms with Crippen LogP contribution >= 0.6 is 0 Å². The number of fused-ring (bicyclic) bond motifs is 1. The summed E-state index contributed by atoms with van der Waals surface area (Å²) in [7, 11) is 0. The van der Waals surface area contributed by atoms with Crippen LogP contribution in [0.5, 0.6) is 0 Å². The third kappa shape index (κ3) is 5.45. The highest BCUT2D eigenvalue weighted by molar-refractivity contribution is 5.94. The van der Waals surface area contributed by atoms with Gasteiger partial charge in [-0.1, -0.05) is 34.6 Å². The van der Waals surface area contributed by atoms with Crippen LogP contribution in [0.15, 0.2) is 30.6 Å². The van der Waals surface area contributed by atoms with Gasteiger partial charge in [0.15, 0.2) is 0 Å². The number of pyridine rings is 1. The summed E-state index contributed by atoms with van der Waals surface area (Å²) in [5, 5.41) is 14.1. The molecule has 0 aliphatic rings. The van der Waals surface area contributed by atoms with Crippen LogP contribution in [-0.4, -0.2) is 22.6 Å². The molecule has 2 N–H and O–H groups in total. The summed E-state index contributed by atoms with van der Waals surface area (Å²) >= 11 is 0. The molecular formula is C18H28N2O2. The number of nitrogens with one attached hydrogen (secondary N) is 1. The van der Waals surface area contributed by atoms with Crippen molar-refractivity contribution in [3.63, 3.8) is 0 Å². The van der Waals surface area contributed by atoms with E-state index in [1.165, 1.54) is 6.92 Å². The molecule has 0 bridgehead atoms. The topological polar surface area (TPSA) is 62.2 Å². The normalized spacial score (nSPS) is 10.7. The largest absolute Gasteiger partial charge is 0.396 e. The van der Waals surface area contributed by atoms with Crippen molar-refractivity contribution in [2.75, 3.05) is 11.9 Å². The summed E-state index contributed by atoms with van der Waals surface area (Å²) in [4.78, 5) is 15.2. The molecule has 2 rings (SSSR count). The van der Waals surface area contributed by atoms with E-state index in [2.05, 4.69) is 10.3 Å². The number of amides is 1. The zero-order valence-electron chi connectivity index (χ0n) is 14.5. The fourth-order valence-corrected chi connectivity index (χ4v) is 2.02. The Balaban J connectivity index is 0.00000102. The van der Waals surface area contributed by atoms with E-state index >= 15 is 0 Å². The molecule has 22 heavy (non-hydrogen) atoms. The molecule has 0 aliphatic heterocycles. The number of aliphatic hydroxyl groups excluding tert-OH is 1. The number of benzene rings is 1. The van der Waals surface area contributed by atoms with Crippen LogP contribution in [0.2, 0.25) is 0 Å². The van der Waals surface area contributed by atoms with Gasteiger partial charge in [0.1, 0.15) is 0 Å². The molecule has 1 aromatic heterocycles. The second-order valence-corrected chi connectivity index (χ2v) is 4.43. The average molecular weight is 304 g/mol. The summed E-state index contributed by atoms with van der Waals surface area (Å²) in [5.74, 6) is -0.0931. The smallest absolute Gasteiger partial charge is 0.221 e. The van der Waals surface area contributed by atoms with Gasteiger partial charge in [-0.15, -0.1) is 0 Å². The van der Waals surface area contributed by atoms with E-state index in [4.69, 9.17) is 0 Å². The maximum absolute atomic E-state index is 11.1.